The van der Waals surface area contributed by atoms with Crippen LogP contribution in [0, 0.1) is 5.82 Å². The minimum atomic E-state index is -0.544. The normalized spacial score (nSPS) is 24.9. The third-order valence-corrected chi connectivity index (χ3v) is 2.99. The quantitative estimate of drug-likeness (QED) is 0.817. The van der Waals surface area contributed by atoms with Gasteiger partial charge in [0.1, 0.15) is 5.82 Å². The minimum Gasteiger partial charge on any atom is -0.370 e. The molecule has 80 valence electrons. The topological polar surface area (TPSA) is 50.4 Å². The summed E-state index contributed by atoms with van der Waals surface area (Å²) in [5.41, 5.74) is 5.57. The number of nitrogens with zero attached hydrogens (tertiary/aromatic N) is 1. The number of hydrogen-bond acceptors (Lipinski definition) is 3. The lowest BCUT2D eigenvalue weighted by Crippen LogP contribution is -2.43. The Morgan fingerprint density at radius 3 is 2.93 bits per heavy atom. The van der Waals surface area contributed by atoms with Gasteiger partial charge in [0, 0.05) is 10.0 Å². The summed E-state index contributed by atoms with van der Waals surface area (Å²) in [6.45, 7) is 2.33. The van der Waals surface area contributed by atoms with Crippen LogP contribution in [0.3, 0.4) is 0 Å². The van der Waals surface area contributed by atoms with Crippen LogP contribution in [0.5, 0.6) is 0 Å². The molecule has 15 heavy (non-hydrogen) atoms. The Bertz CT molecular complexity index is 433. The van der Waals surface area contributed by atoms with E-state index < -0.39 is 5.54 Å². The highest BCUT2D eigenvalue weighted by molar-refractivity contribution is 9.10. The van der Waals surface area contributed by atoms with Crippen LogP contribution in [0.25, 0.3) is 0 Å². The molecule has 0 amide bonds. The van der Waals surface area contributed by atoms with Gasteiger partial charge in [-0.3, -0.25) is 4.99 Å². The van der Waals surface area contributed by atoms with Crippen molar-refractivity contribution in [2.24, 2.45) is 10.7 Å². The van der Waals surface area contributed by atoms with Crippen LogP contribution in [0.15, 0.2) is 27.7 Å². The van der Waals surface area contributed by atoms with Gasteiger partial charge < -0.3 is 11.1 Å². The highest BCUT2D eigenvalue weighted by Gasteiger charge is 2.33. The second kappa shape index (κ2) is 3.48. The molecule has 1 aliphatic heterocycles. The van der Waals surface area contributed by atoms with E-state index in [9.17, 15) is 4.39 Å². The molecule has 1 atom stereocenters. The van der Waals surface area contributed by atoms with Crippen LogP contribution in [0.4, 0.5) is 4.39 Å². The third kappa shape index (κ3) is 1.84. The first-order valence-electron chi connectivity index (χ1n) is 4.55. The molecule has 0 aliphatic carbocycles. The maximum Gasteiger partial charge on any atom is 0.189 e. The largest absolute Gasteiger partial charge is 0.370 e. The molecule has 0 aromatic heterocycles. The monoisotopic (exact) mass is 271 g/mol. The molecule has 0 fully saturated rings. The smallest absolute Gasteiger partial charge is 0.189 e. The van der Waals surface area contributed by atoms with Crippen molar-refractivity contribution >= 4 is 21.9 Å². The SMILES string of the molecule is CC1(c2cc(Br)ccc2F)CN=C(N)N1. The van der Waals surface area contributed by atoms with E-state index >= 15 is 0 Å². The lowest BCUT2D eigenvalue weighted by molar-refractivity contribution is 0.448. The van der Waals surface area contributed by atoms with Gasteiger partial charge in [0.15, 0.2) is 5.96 Å². The van der Waals surface area contributed by atoms with E-state index in [4.69, 9.17) is 5.73 Å². The van der Waals surface area contributed by atoms with Crippen LogP contribution >= 0.6 is 15.9 Å². The molecule has 1 aromatic rings. The number of hydrogen-bond donors (Lipinski definition) is 2. The van der Waals surface area contributed by atoms with E-state index in [1.165, 1.54) is 6.07 Å². The Kier molecular flexibility index (Phi) is 2.42. The van der Waals surface area contributed by atoms with Crippen molar-refractivity contribution in [2.45, 2.75) is 12.5 Å². The predicted octanol–water partition coefficient (Wildman–Crippen LogP) is 1.72. The summed E-state index contributed by atoms with van der Waals surface area (Å²) in [6, 6.07) is 4.85. The zero-order chi connectivity index (χ0) is 11.1. The van der Waals surface area contributed by atoms with E-state index in [0.717, 1.165) is 4.47 Å². The Morgan fingerprint density at radius 2 is 2.33 bits per heavy atom. The first-order chi connectivity index (χ1) is 7.01. The Hall–Kier alpha value is -1.10. The van der Waals surface area contributed by atoms with Gasteiger partial charge in [0.2, 0.25) is 0 Å². The maximum absolute atomic E-state index is 13.6. The molecule has 0 spiro atoms. The number of nitrogens with two attached hydrogens (primary N) is 1. The summed E-state index contributed by atoms with van der Waals surface area (Å²) in [6.07, 6.45) is 0. The fourth-order valence-corrected chi connectivity index (χ4v) is 2.04. The minimum absolute atomic E-state index is 0.252. The summed E-state index contributed by atoms with van der Waals surface area (Å²) in [5, 5.41) is 2.98. The van der Waals surface area contributed by atoms with Crippen molar-refractivity contribution in [3.05, 3.63) is 34.1 Å². The van der Waals surface area contributed by atoms with Gasteiger partial charge in [0.25, 0.3) is 0 Å². The fourth-order valence-electron chi connectivity index (χ4n) is 1.68. The number of guanidine groups is 1. The van der Waals surface area contributed by atoms with E-state index in [1.54, 1.807) is 12.1 Å². The first kappa shape index (κ1) is 10.4. The summed E-state index contributed by atoms with van der Waals surface area (Å²) < 4.78 is 14.5. The zero-order valence-electron chi connectivity index (χ0n) is 8.22. The van der Waals surface area contributed by atoms with Crippen LogP contribution in [-0.4, -0.2) is 12.5 Å². The lowest BCUT2D eigenvalue weighted by Gasteiger charge is -2.25. The van der Waals surface area contributed by atoms with Crippen LogP contribution in [0.2, 0.25) is 0 Å². The average Bonchev–Trinajstić information content (AvgIpc) is 2.52. The van der Waals surface area contributed by atoms with Crippen molar-refractivity contribution in [1.82, 2.24) is 5.32 Å². The van der Waals surface area contributed by atoms with Gasteiger partial charge in [-0.1, -0.05) is 15.9 Å². The summed E-state index contributed by atoms with van der Waals surface area (Å²) in [7, 11) is 0. The summed E-state index contributed by atoms with van der Waals surface area (Å²) in [4.78, 5) is 4.04. The molecule has 3 nitrogen and oxygen atoms in total. The first-order valence-corrected chi connectivity index (χ1v) is 5.34. The van der Waals surface area contributed by atoms with Gasteiger partial charge in [0.05, 0.1) is 12.1 Å². The molecule has 1 unspecified atom stereocenters. The lowest BCUT2D eigenvalue weighted by atomic mass is 9.92. The number of aliphatic imine (C=N–C) groups is 1. The molecule has 0 saturated heterocycles. The Morgan fingerprint density at radius 1 is 1.60 bits per heavy atom. The van der Waals surface area contributed by atoms with Crippen molar-refractivity contribution in [1.29, 1.82) is 0 Å². The molecule has 1 aromatic carbocycles. The zero-order valence-corrected chi connectivity index (χ0v) is 9.81. The second-order valence-electron chi connectivity index (χ2n) is 3.78. The van der Waals surface area contributed by atoms with Crippen LogP contribution in [-0.2, 0) is 5.54 Å². The van der Waals surface area contributed by atoms with Crippen molar-refractivity contribution in [3.8, 4) is 0 Å². The van der Waals surface area contributed by atoms with Gasteiger partial charge in [-0.05, 0) is 25.1 Å². The van der Waals surface area contributed by atoms with Crippen molar-refractivity contribution in [3.63, 3.8) is 0 Å². The molecule has 1 aliphatic rings. The predicted molar refractivity (Wildman–Crippen MR) is 61.1 cm³/mol. The van der Waals surface area contributed by atoms with Gasteiger partial charge >= 0.3 is 0 Å². The number of benzene rings is 1. The van der Waals surface area contributed by atoms with Crippen LogP contribution < -0.4 is 11.1 Å². The van der Waals surface area contributed by atoms with E-state index in [-0.39, 0.29) is 5.82 Å². The molecular formula is C10H11BrFN3. The molecule has 0 radical (unpaired) electrons. The highest BCUT2D eigenvalue weighted by atomic mass is 79.9. The van der Waals surface area contributed by atoms with E-state index in [1.807, 2.05) is 6.92 Å². The molecule has 0 bridgehead atoms. The van der Waals surface area contributed by atoms with Crippen molar-refractivity contribution in [2.75, 3.05) is 6.54 Å². The highest BCUT2D eigenvalue weighted by Crippen LogP contribution is 2.28. The molecule has 3 N–H and O–H groups in total. The summed E-state index contributed by atoms with van der Waals surface area (Å²) in [5.74, 6) is 0.106. The van der Waals surface area contributed by atoms with Gasteiger partial charge in [-0.2, -0.15) is 0 Å². The average molecular weight is 272 g/mol. The second-order valence-corrected chi connectivity index (χ2v) is 4.70. The summed E-state index contributed by atoms with van der Waals surface area (Å²) >= 11 is 3.32. The molecule has 5 heteroatoms. The Balaban J connectivity index is 2.42. The van der Waals surface area contributed by atoms with Gasteiger partial charge in [-0.25, -0.2) is 4.39 Å². The molecule has 1 heterocycles. The fraction of sp³-hybridized carbons (Fsp3) is 0.300. The molecular weight excluding hydrogens is 261 g/mol. The number of halogens is 2. The van der Waals surface area contributed by atoms with E-state index in [2.05, 4.69) is 26.2 Å². The van der Waals surface area contributed by atoms with Crippen LogP contribution in [0.1, 0.15) is 12.5 Å². The third-order valence-electron chi connectivity index (χ3n) is 2.49. The van der Waals surface area contributed by atoms with Gasteiger partial charge in [-0.15, -0.1) is 0 Å². The molecule has 0 saturated carbocycles. The standard InChI is InChI=1S/C10H11BrFN3/c1-10(5-14-9(13)15-10)7-4-6(11)2-3-8(7)12/h2-4H,5H2,1H3,(H3,13,14,15). The number of rotatable bonds is 1. The van der Waals surface area contributed by atoms with E-state index in [0.29, 0.717) is 18.1 Å². The van der Waals surface area contributed by atoms with Crippen molar-refractivity contribution < 1.29 is 4.39 Å². The molecule has 2 rings (SSSR count). The number of nitrogens with one attached hydrogen (secondary N) is 1. The maximum atomic E-state index is 13.6. The Labute approximate surface area is 95.7 Å².